The van der Waals surface area contributed by atoms with E-state index in [1.165, 1.54) is 0 Å². The van der Waals surface area contributed by atoms with Crippen molar-refractivity contribution in [3.63, 3.8) is 0 Å². The van der Waals surface area contributed by atoms with Crippen LogP contribution in [0.2, 0.25) is 0 Å². The van der Waals surface area contributed by atoms with Gasteiger partial charge in [0.05, 0.1) is 0 Å². The number of aryl methyl sites for hydroxylation is 6. The highest BCUT2D eigenvalue weighted by atomic mass is 31.2. The van der Waals surface area contributed by atoms with E-state index >= 15 is 0 Å². The average molecular weight is 601 g/mol. The van der Waals surface area contributed by atoms with Crippen molar-refractivity contribution in [3.05, 3.63) is 171 Å². The maximum atomic E-state index is 14.5. The Balaban J connectivity index is 0.000000262. The van der Waals surface area contributed by atoms with Gasteiger partial charge < -0.3 is 4.57 Å². The molecule has 0 N–H and O–H groups in total. The van der Waals surface area contributed by atoms with Crippen molar-refractivity contribution < 1.29 is 18.9 Å². The van der Waals surface area contributed by atoms with E-state index in [4.69, 9.17) is 0 Å². The van der Waals surface area contributed by atoms with Crippen molar-refractivity contribution in [2.75, 3.05) is 0 Å². The SMILES string of the molecule is Cc1cc(C)c(C(=O)P(=O)(C(=O)c2c(C)cc(C)cc2C)c2ccccc2)c(C)c1.O=C(c1ccccc1)c1ccccc1. The molecule has 0 aromatic heterocycles. The van der Waals surface area contributed by atoms with Crippen molar-refractivity contribution in [3.8, 4) is 0 Å². The molecule has 5 aromatic rings. The zero-order valence-electron chi connectivity index (χ0n) is 26.0. The van der Waals surface area contributed by atoms with Gasteiger partial charge in [0, 0.05) is 27.6 Å². The minimum absolute atomic E-state index is 0.0752. The number of benzene rings is 5. The molecule has 0 atom stereocenters. The number of hydrogen-bond donors (Lipinski definition) is 0. The molecule has 0 aliphatic carbocycles. The minimum atomic E-state index is -4.11. The van der Waals surface area contributed by atoms with Crippen LogP contribution in [-0.2, 0) is 4.57 Å². The smallest absolute Gasteiger partial charge is 0.248 e. The second kappa shape index (κ2) is 13.8. The zero-order chi connectivity index (χ0) is 32.0. The van der Waals surface area contributed by atoms with Gasteiger partial charge in [0.15, 0.2) is 5.78 Å². The lowest BCUT2D eigenvalue weighted by molar-refractivity contribution is 0.102. The molecule has 0 saturated heterocycles. The summed E-state index contributed by atoms with van der Waals surface area (Å²) in [5, 5.41) is 0.277. The Morgan fingerprint density at radius 2 is 0.750 bits per heavy atom. The Morgan fingerprint density at radius 1 is 0.455 bits per heavy atom. The monoisotopic (exact) mass is 600 g/mol. The predicted octanol–water partition coefficient (Wildman–Crippen LogP) is 9.12. The van der Waals surface area contributed by atoms with Gasteiger partial charge in [0.25, 0.3) is 0 Å². The lowest BCUT2D eigenvalue weighted by atomic mass is 10.0. The van der Waals surface area contributed by atoms with Crippen LogP contribution >= 0.6 is 7.14 Å². The van der Waals surface area contributed by atoms with Gasteiger partial charge in [-0.2, -0.15) is 0 Å². The summed E-state index contributed by atoms with van der Waals surface area (Å²) in [7, 11) is -4.11. The minimum Gasteiger partial charge on any atom is -0.302 e. The van der Waals surface area contributed by atoms with E-state index < -0.39 is 18.2 Å². The van der Waals surface area contributed by atoms with Gasteiger partial charge in [-0.05, 0) is 63.8 Å². The van der Waals surface area contributed by atoms with Crippen LogP contribution in [0.25, 0.3) is 0 Å². The van der Waals surface area contributed by atoms with Crippen molar-refractivity contribution in [1.82, 2.24) is 0 Å². The van der Waals surface area contributed by atoms with E-state index in [-0.39, 0.29) is 11.1 Å². The molecule has 222 valence electrons. The molecule has 0 heterocycles. The first-order chi connectivity index (χ1) is 20.9. The lowest BCUT2D eigenvalue weighted by Crippen LogP contribution is -2.23. The second-order valence-electron chi connectivity index (χ2n) is 11.2. The third-order valence-electron chi connectivity index (χ3n) is 7.55. The van der Waals surface area contributed by atoms with Crippen LogP contribution in [0, 0.1) is 41.5 Å². The molecule has 0 radical (unpaired) electrons. The molecule has 0 unspecified atom stereocenters. The summed E-state index contributed by atoms with van der Waals surface area (Å²) in [5.74, 6) is 0.0752. The molecule has 0 bridgehead atoms. The van der Waals surface area contributed by atoms with Crippen LogP contribution in [0.3, 0.4) is 0 Å². The molecule has 4 nitrogen and oxygen atoms in total. The summed E-state index contributed by atoms with van der Waals surface area (Å²) in [6.45, 7) is 11.2. The fourth-order valence-corrected chi connectivity index (χ4v) is 8.24. The van der Waals surface area contributed by atoms with E-state index in [9.17, 15) is 18.9 Å². The Bertz CT molecular complexity index is 1710. The van der Waals surface area contributed by atoms with Gasteiger partial charge in [-0.3, -0.25) is 14.4 Å². The van der Waals surface area contributed by atoms with E-state index in [0.29, 0.717) is 11.1 Å². The standard InChI is InChI=1S/C26H27O3P.C13H10O/c1-16-12-18(3)23(19(4)13-16)25(27)30(29,22-10-8-7-9-11-22)26(28)24-20(5)14-17(2)15-21(24)6;14-13(11-7-3-1-4-8-11)12-9-5-2-6-10-12/h7-15H,1-6H3;1-10H. The van der Waals surface area contributed by atoms with Crippen LogP contribution in [-0.4, -0.2) is 16.8 Å². The molecule has 0 fully saturated rings. The Labute approximate surface area is 260 Å². The van der Waals surface area contributed by atoms with Crippen LogP contribution in [0.5, 0.6) is 0 Å². The molecule has 0 spiro atoms. The van der Waals surface area contributed by atoms with Crippen molar-refractivity contribution in [2.45, 2.75) is 41.5 Å². The highest BCUT2D eigenvalue weighted by molar-refractivity contribution is 8.01. The van der Waals surface area contributed by atoms with Crippen molar-refractivity contribution in [1.29, 1.82) is 0 Å². The molecule has 0 amide bonds. The summed E-state index contributed by atoms with van der Waals surface area (Å²) in [6.07, 6.45) is 0. The highest BCUT2D eigenvalue weighted by Gasteiger charge is 2.44. The quantitative estimate of drug-likeness (QED) is 0.138. The van der Waals surface area contributed by atoms with Crippen LogP contribution in [0.15, 0.2) is 115 Å². The molecule has 5 aromatic carbocycles. The predicted molar refractivity (Wildman–Crippen MR) is 180 cm³/mol. The normalized spacial score (nSPS) is 10.9. The molecule has 44 heavy (non-hydrogen) atoms. The molecule has 5 heteroatoms. The molecule has 0 aliphatic heterocycles. The summed E-state index contributed by atoms with van der Waals surface area (Å²) in [5.41, 5.74) is 6.03. The highest BCUT2D eigenvalue weighted by Crippen LogP contribution is 2.52. The Hall–Kier alpha value is -4.66. The zero-order valence-corrected chi connectivity index (χ0v) is 26.9. The number of carbonyl (C=O) groups is 3. The van der Waals surface area contributed by atoms with Gasteiger partial charge in [-0.1, -0.05) is 126 Å². The van der Waals surface area contributed by atoms with Crippen LogP contribution in [0.1, 0.15) is 70.0 Å². The van der Waals surface area contributed by atoms with Crippen molar-refractivity contribution >= 4 is 29.3 Å². The van der Waals surface area contributed by atoms with Crippen LogP contribution in [0.4, 0.5) is 0 Å². The van der Waals surface area contributed by atoms with Gasteiger partial charge in [-0.15, -0.1) is 0 Å². The molecule has 5 rings (SSSR count). The van der Waals surface area contributed by atoms with Gasteiger partial charge in [0.1, 0.15) is 0 Å². The first-order valence-electron chi connectivity index (χ1n) is 14.5. The van der Waals surface area contributed by atoms with E-state index in [0.717, 1.165) is 44.5 Å². The van der Waals surface area contributed by atoms with E-state index in [2.05, 4.69) is 0 Å². The third kappa shape index (κ3) is 6.77. The van der Waals surface area contributed by atoms with Crippen LogP contribution < -0.4 is 5.30 Å². The largest absolute Gasteiger partial charge is 0.302 e. The summed E-state index contributed by atoms with van der Waals surface area (Å²) in [4.78, 5) is 39.5. The topological polar surface area (TPSA) is 68.3 Å². The second-order valence-corrected chi connectivity index (χ2v) is 13.7. The fourth-order valence-electron chi connectivity index (χ4n) is 5.66. The third-order valence-corrected chi connectivity index (χ3v) is 10.2. The molecular formula is C39H37O4P. The molecule has 0 saturated carbocycles. The summed E-state index contributed by atoms with van der Waals surface area (Å²) < 4.78 is 14.5. The maximum absolute atomic E-state index is 14.5. The first-order valence-corrected chi connectivity index (χ1v) is 16.2. The first kappa shape index (κ1) is 32.3. The average Bonchev–Trinajstić information content (AvgIpc) is 3.00. The summed E-state index contributed by atoms with van der Waals surface area (Å²) in [6, 6.07) is 34.6. The van der Waals surface area contributed by atoms with Crippen molar-refractivity contribution in [2.24, 2.45) is 0 Å². The van der Waals surface area contributed by atoms with Gasteiger partial charge >= 0.3 is 0 Å². The van der Waals surface area contributed by atoms with E-state index in [1.807, 2.05) is 126 Å². The molecular weight excluding hydrogens is 563 g/mol. The van der Waals surface area contributed by atoms with Gasteiger partial charge in [0.2, 0.25) is 18.2 Å². The maximum Gasteiger partial charge on any atom is 0.248 e. The summed E-state index contributed by atoms with van der Waals surface area (Å²) >= 11 is 0. The Kier molecular flexibility index (Phi) is 10.1. The number of hydrogen-bond acceptors (Lipinski definition) is 4. The Morgan fingerprint density at radius 3 is 1.07 bits per heavy atom. The number of ketones is 1. The number of carbonyl (C=O) groups excluding carboxylic acids is 3. The number of rotatable bonds is 7. The fraction of sp³-hybridized carbons (Fsp3) is 0.154. The lowest BCUT2D eigenvalue weighted by Gasteiger charge is -2.21. The van der Waals surface area contributed by atoms with E-state index in [1.54, 1.807) is 30.3 Å². The van der Waals surface area contributed by atoms with Gasteiger partial charge in [-0.25, -0.2) is 0 Å². The molecule has 0 aliphatic rings.